The van der Waals surface area contributed by atoms with E-state index in [0.29, 0.717) is 0 Å². The summed E-state index contributed by atoms with van der Waals surface area (Å²) in [6, 6.07) is 4.72. The van der Waals surface area contributed by atoms with E-state index in [9.17, 15) is 8.42 Å². The van der Waals surface area contributed by atoms with Crippen molar-refractivity contribution in [3.8, 4) is 0 Å². The maximum absolute atomic E-state index is 11.2. The van der Waals surface area contributed by atoms with Crippen LogP contribution >= 0.6 is 0 Å². The second kappa shape index (κ2) is 5.35. The van der Waals surface area contributed by atoms with E-state index in [4.69, 9.17) is 10.9 Å². The van der Waals surface area contributed by atoms with Crippen LogP contribution in [0.3, 0.4) is 0 Å². The summed E-state index contributed by atoms with van der Waals surface area (Å²) >= 11 is 0. The van der Waals surface area contributed by atoms with Crippen molar-refractivity contribution in [3.63, 3.8) is 0 Å². The number of benzene rings is 1. The van der Waals surface area contributed by atoms with Crippen LogP contribution in [0.15, 0.2) is 23.1 Å². The van der Waals surface area contributed by atoms with Crippen LogP contribution in [-0.2, 0) is 10.0 Å². The van der Waals surface area contributed by atoms with Crippen molar-refractivity contribution in [1.29, 1.82) is 0 Å². The van der Waals surface area contributed by atoms with Gasteiger partial charge in [0.25, 0.3) is 0 Å². The van der Waals surface area contributed by atoms with Gasteiger partial charge in [-0.05, 0) is 25.2 Å². The molecule has 0 unspecified atom stereocenters. The van der Waals surface area contributed by atoms with E-state index in [-0.39, 0.29) is 10.6 Å². The van der Waals surface area contributed by atoms with Gasteiger partial charge in [-0.2, -0.15) is 0 Å². The second-order valence-electron chi connectivity index (χ2n) is 3.79. The highest BCUT2D eigenvalue weighted by Crippen LogP contribution is 2.23. The molecule has 0 aliphatic heterocycles. The number of nitrogens with one attached hydrogen (secondary N) is 1. The monoisotopic (exact) mass is 258 g/mol. The molecule has 0 aliphatic carbocycles. The normalized spacial score (nSPS) is 11.5. The molecule has 0 spiro atoms. The van der Waals surface area contributed by atoms with Gasteiger partial charge in [0, 0.05) is 25.8 Å². The summed E-state index contributed by atoms with van der Waals surface area (Å²) in [7, 11) is 0.0241. The first-order valence-electron chi connectivity index (χ1n) is 5.14. The molecule has 7 heteroatoms. The molecule has 17 heavy (non-hydrogen) atoms. The van der Waals surface area contributed by atoms with Gasteiger partial charge in [-0.3, -0.25) is 0 Å². The molecule has 5 N–H and O–H groups in total. The van der Waals surface area contributed by atoms with Crippen molar-refractivity contribution in [1.82, 2.24) is 5.32 Å². The van der Waals surface area contributed by atoms with Crippen LogP contribution in [0.4, 0.5) is 11.4 Å². The highest BCUT2D eigenvalue weighted by molar-refractivity contribution is 7.89. The smallest absolute Gasteiger partial charge is 0.240 e. The molecule has 0 atom stereocenters. The zero-order valence-electron chi connectivity index (χ0n) is 9.97. The summed E-state index contributed by atoms with van der Waals surface area (Å²) in [5.41, 5.74) is 6.69. The van der Waals surface area contributed by atoms with Gasteiger partial charge in [-0.15, -0.1) is 0 Å². The Labute approximate surface area is 102 Å². The molecular formula is C10H18N4O2S. The molecule has 0 saturated heterocycles. The average Bonchev–Trinajstić information content (AvgIpc) is 2.23. The number of hydrogen-bond acceptors (Lipinski definition) is 5. The van der Waals surface area contributed by atoms with Gasteiger partial charge in [-0.25, -0.2) is 13.6 Å². The van der Waals surface area contributed by atoms with Crippen molar-refractivity contribution in [3.05, 3.63) is 18.2 Å². The fourth-order valence-corrected chi connectivity index (χ4v) is 2.09. The number of rotatable bonds is 5. The topological polar surface area (TPSA) is 101 Å². The van der Waals surface area contributed by atoms with Crippen molar-refractivity contribution >= 4 is 21.4 Å². The molecule has 0 heterocycles. The van der Waals surface area contributed by atoms with Gasteiger partial charge < -0.3 is 16.0 Å². The van der Waals surface area contributed by atoms with Gasteiger partial charge in [0.1, 0.15) is 4.90 Å². The fourth-order valence-electron chi connectivity index (χ4n) is 1.44. The highest BCUT2D eigenvalue weighted by Gasteiger charge is 2.13. The lowest BCUT2D eigenvalue weighted by molar-refractivity contribution is 0.598. The Morgan fingerprint density at radius 1 is 1.41 bits per heavy atom. The number of anilines is 2. The molecule has 0 fully saturated rings. The number of hydrogen-bond donors (Lipinski definition) is 3. The Hall–Kier alpha value is -1.31. The minimum absolute atomic E-state index is 0.0386. The molecule has 0 saturated carbocycles. The maximum atomic E-state index is 11.2. The van der Waals surface area contributed by atoms with E-state index >= 15 is 0 Å². The second-order valence-corrected chi connectivity index (χ2v) is 5.32. The number of nitrogens with zero attached hydrogens (tertiary/aromatic N) is 1. The zero-order valence-corrected chi connectivity index (χ0v) is 10.8. The van der Waals surface area contributed by atoms with E-state index in [2.05, 4.69) is 5.32 Å². The molecule has 1 rings (SSSR count). The summed E-state index contributed by atoms with van der Waals surface area (Å²) in [5, 5.41) is 8.06. The van der Waals surface area contributed by atoms with Crippen LogP contribution in [0.2, 0.25) is 0 Å². The minimum Gasteiger partial charge on any atom is -0.398 e. The lowest BCUT2D eigenvalue weighted by Crippen LogP contribution is -2.27. The van der Waals surface area contributed by atoms with E-state index < -0.39 is 10.0 Å². The Morgan fingerprint density at radius 3 is 2.53 bits per heavy atom. The summed E-state index contributed by atoms with van der Waals surface area (Å²) in [4.78, 5) is 1.93. The molecule has 0 amide bonds. The zero-order chi connectivity index (χ0) is 13.1. The largest absolute Gasteiger partial charge is 0.398 e. The molecule has 0 bridgehead atoms. The van der Waals surface area contributed by atoms with Crippen LogP contribution in [-0.4, -0.2) is 35.6 Å². The molecule has 1 aromatic rings. The number of nitrogen functional groups attached to an aromatic ring is 1. The molecule has 96 valence electrons. The van der Waals surface area contributed by atoms with E-state index in [1.54, 1.807) is 12.1 Å². The third kappa shape index (κ3) is 3.58. The van der Waals surface area contributed by atoms with Crippen LogP contribution < -0.4 is 21.1 Å². The first-order chi connectivity index (χ1) is 7.86. The molecule has 0 radical (unpaired) electrons. The number of nitrogens with two attached hydrogens (primary N) is 2. The van der Waals surface area contributed by atoms with Crippen LogP contribution in [0.25, 0.3) is 0 Å². The molecule has 1 aromatic carbocycles. The summed E-state index contributed by atoms with van der Waals surface area (Å²) in [6.07, 6.45) is 0. The molecule has 0 aromatic heterocycles. The Bertz CT molecular complexity index is 487. The van der Waals surface area contributed by atoms with Crippen molar-refractivity contribution < 1.29 is 8.42 Å². The van der Waals surface area contributed by atoms with Gasteiger partial charge in [0.05, 0.1) is 5.69 Å². The maximum Gasteiger partial charge on any atom is 0.240 e. The number of sulfonamides is 1. The minimum atomic E-state index is -3.75. The highest BCUT2D eigenvalue weighted by atomic mass is 32.2. The Morgan fingerprint density at radius 2 is 2.06 bits per heavy atom. The fraction of sp³-hybridized carbons (Fsp3) is 0.400. The third-order valence-corrected chi connectivity index (χ3v) is 3.42. The summed E-state index contributed by atoms with van der Waals surface area (Å²) in [5.74, 6) is 0. The predicted molar refractivity (Wildman–Crippen MR) is 69.4 cm³/mol. The molecule has 0 aliphatic rings. The van der Waals surface area contributed by atoms with Gasteiger partial charge in [0.15, 0.2) is 0 Å². The predicted octanol–water partition coefficient (Wildman–Crippen LogP) is -0.428. The van der Waals surface area contributed by atoms with Crippen molar-refractivity contribution in [2.75, 3.05) is 37.8 Å². The third-order valence-electron chi connectivity index (χ3n) is 2.44. The summed E-state index contributed by atoms with van der Waals surface area (Å²) < 4.78 is 22.4. The van der Waals surface area contributed by atoms with E-state index in [1.807, 2.05) is 19.0 Å². The van der Waals surface area contributed by atoms with Crippen molar-refractivity contribution in [2.45, 2.75) is 4.90 Å². The standard InChI is InChI=1S/C10H18N4O2S/c1-13-5-6-14(2)8-3-4-10(9(11)7-8)17(12,15)16/h3-4,7,13H,5-6,11H2,1-2H3,(H2,12,15,16). The number of primary sulfonamides is 1. The average molecular weight is 258 g/mol. The molecular weight excluding hydrogens is 240 g/mol. The van der Waals surface area contributed by atoms with Crippen molar-refractivity contribution in [2.24, 2.45) is 5.14 Å². The lowest BCUT2D eigenvalue weighted by Gasteiger charge is -2.20. The van der Waals surface area contributed by atoms with Gasteiger partial charge in [0.2, 0.25) is 10.0 Å². The van der Waals surface area contributed by atoms with Crippen LogP contribution in [0.5, 0.6) is 0 Å². The Balaban J connectivity index is 2.97. The quantitative estimate of drug-likeness (QED) is 0.622. The Kier molecular flexibility index (Phi) is 4.33. The van der Waals surface area contributed by atoms with Crippen LogP contribution in [0.1, 0.15) is 0 Å². The molecule has 6 nitrogen and oxygen atoms in total. The van der Waals surface area contributed by atoms with Crippen LogP contribution in [0, 0.1) is 0 Å². The number of likely N-dealkylation sites (N-methyl/N-ethyl adjacent to an activating group) is 2. The van der Waals surface area contributed by atoms with Gasteiger partial charge in [-0.1, -0.05) is 0 Å². The first-order valence-corrected chi connectivity index (χ1v) is 6.69. The SMILES string of the molecule is CNCCN(C)c1ccc(S(N)(=O)=O)c(N)c1. The van der Waals surface area contributed by atoms with E-state index in [1.165, 1.54) is 6.07 Å². The first kappa shape index (κ1) is 13.8. The lowest BCUT2D eigenvalue weighted by atomic mass is 10.2. The van der Waals surface area contributed by atoms with Gasteiger partial charge >= 0.3 is 0 Å². The van der Waals surface area contributed by atoms with E-state index in [0.717, 1.165) is 18.8 Å². The summed E-state index contributed by atoms with van der Waals surface area (Å²) in [6.45, 7) is 1.62.